The predicted molar refractivity (Wildman–Crippen MR) is 77.8 cm³/mol. The Balaban J connectivity index is 2.69. The normalized spacial score (nSPS) is 9.71. The standard InChI is InChI=1S/C16H13N3O2/c1-10-7-13(14(9-18)16(20)19-10)11-3-4-15(21-2)12(8-11)5-6-17/h3-4,7-8H,5H2,1-2H3,(H,19,20). The maximum absolute atomic E-state index is 11.8. The lowest BCUT2D eigenvalue weighted by Gasteiger charge is -2.10. The van der Waals surface area contributed by atoms with Crippen molar-refractivity contribution in [3.05, 3.63) is 51.4 Å². The predicted octanol–water partition coefficient (Wildman–Crippen LogP) is 2.30. The summed E-state index contributed by atoms with van der Waals surface area (Å²) in [5.41, 5.74) is 2.32. The van der Waals surface area contributed by atoms with Crippen molar-refractivity contribution in [2.75, 3.05) is 7.11 Å². The largest absolute Gasteiger partial charge is 0.496 e. The summed E-state index contributed by atoms with van der Waals surface area (Å²) < 4.78 is 5.21. The number of nitrogens with zero attached hydrogens (tertiary/aromatic N) is 2. The van der Waals surface area contributed by atoms with Gasteiger partial charge in [-0.2, -0.15) is 10.5 Å². The Hall–Kier alpha value is -3.05. The number of ether oxygens (including phenoxy) is 1. The average Bonchev–Trinajstić information content (AvgIpc) is 2.47. The summed E-state index contributed by atoms with van der Waals surface area (Å²) in [4.78, 5) is 14.5. The second kappa shape index (κ2) is 5.94. The van der Waals surface area contributed by atoms with Crippen molar-refractivity contribution in [3.63, 3.8) is 0 Å². The molecule has 0 aliphatic carbocycles. The maximum atomic E-state index is 11.8. The summed E-state index contributed by atoms with van der Waals surface area (Å²) in [7, 11) is 1.54. The molecule has 5 heteroatoms. The zero-order valence-electron chi connectivity index (χ0n) is 11.7. The Morgan fingerprint density at radius 2 is 2.05 bits per heavy atom. The molecule has 0 saturated carbocycles. The van der Waals surface area contributed by atoms with E-state index in [1.165, 1.54) is 7.11 Å². The molecule has 1 aromatic heterocycles. The second-order valence-corrected chi connectivity index (χ2v) is 4.54. The van der Waals surface area contributed by atoms with Crippen molar-refractivity contribution in [2.45, 2.75) is 13.3 Å². The number of aromatic nitrogens is 1. The van der Waals surface area contributed by atoms with Gasteiger partial charge in [-0.15, -0.1) is 0 Å². The Labute approximate surface area is 122 Å². The summed E-state index contributed by atoms with van der Waals surface area (Å²) in [6.07, 6.45) is 0.196. The van der Waals surface area contributed by atoms with Crippen LogP contribution >= 0.6 is 0 Å². The molecule has 0 saturated heterocycles. The van der Waals surface area contributed by atoms with Gasteiger partial charge in [0.2, 0.25) is 0 Å². The molecule has 0 unspecified atom stereocenters. The van der Waals surface area contributed by atoms with Crippen molar-refractivity contribution in [1.82, 2.24) is 4.98 Å². The van der Waals surface area contributed by atoms with Crippen LogP contribution in [0.1, 0.15) is 16.8 Å². The monoisotopic (exact) mass is 279 g/mol. The molecule has 0 atom stereocenters. The Bertz CT molecular complexity index is 823. The number of nitrogens with one attached hydrogen (secondary N) is 1. The van der Waals surface area contributed by atoms with E-state index in [1.807, 2.05) is 6.07 Å². The van der Waals surface area contributed by atoms with Gasteiger partial charge >= 0.3 is 0 Å². The van der Waals surface area contributed by atoms with Crippen LogP contribution in [0.3, 0.4) is 0 Å². The van der Waals surface area contributed by atoms with Crippen molar-refractivity contribution < 1.29 is 4.74 Å². The fourth-order valence-corrected chi connectivity index (χ4v) is 2.20. The van der Waals surface area contributed by atoms with Gasteiger partial charge in [-0.3, -0.25) is 4.79 Å². The number of rotatable bonds is 3. The first-order valence-electron chi connectivity index (χ1n) is 6.29. The number of methoxy groups -OCH3 is 1. The molecule has 2 aromatic rings. The van der Waals surface area contributed by atoms with Gasteiger partial charge in [0.15, 0.2) is 0 Å². The van der Waals surface area contributed by atoms with Crippen molar-refractivity contribution >= 4 is 0 Å². The van der Waals surface area contributed by atoms with Gasteiger partial charge in [-0.25, -0.2) is 0 Å². The SMILES string of the molecule is COc1ccc(-c2cc(C)[nH]c(=O)c2C#N)cc1CC#N. The van der Waals surface area contributed by atoms with Gasteiger partial charge in [-0.05, 0) is 30.7 Å². The quantitative estimate of drug-likeness (QED) is 0.933. The molecule has 1 heterocycles. The highest BCUT2D eigenvalue weighted by molar-refractivity contribution is 5.71. The Morgan fingerprint density at radius 3 is 2.67 bits per heavy atom. The van der Waals surface area contributed by atoms with E-state index < -0.39 is 5.56 Å². The lowest BCUT2D eigenvalue weighted by atomic mass is 9.98. The van der Waals surface area contributed by atoms with E-state index in [0.717, 1.165) is 5.56 Å². The summed E-state index contributed by atoms with van der Waals surface area (Å²) in [5, 5.41) is 18.1. The first kappa shape index (κ1) is 14.4. The molecule has 21 heavy (non-hydrogen) atoms. The third kappa shape index (κ3) is 2.77. The van der Waals surface area contributed by atoms with Crippen molar-refractivity contribution in [3.8, 4) is 29.0 Å². The third-order valence-electron chi connectivity index (χ3n) is 3.14. The molecule has 2 rings (SSSR count). The molecule has 0 fully saturated rings. The van der Waals surface area contributed by atoms with Crippen LogP contribution < -0.4 is 10.3 Å². The van der Waals surface area contributed by atoms with E-state index >= 15 is 0 Å². The van der Waals surface area contributed by atoms with E-state index in [1.54, 1.807) is 31.2 Å². The number of benzene rings is 1. The molecule has 0 spiro atoms. The molecule has 1 N–H and O–H groups in total. The first-order valence-corrected chi connectivity index (χ1v) is 6.29. The molecular formula is C16H13N3O2. The minimum Gasteiger partial charge on any atom is -0.496 e. The molecule has 104 valence electrons. The number of H-pyrrole nitrogens is 1. The second-order valence-electron chi connectivity index (χ2n) is 4.54. The van der Waals surface area contributed by atoms with Gasteiger partial charge < -0.3 is 9.72 Å². The molecule has 1 aromatic carbocycles. The lowest BCUT2D eigenvalue weighted by molar-refractivity contribution is 0.411. The number of aromatic amines is 1. The molecule has 0 amide bonds. The minimum absolute atomic E-state index is 0.0636. The Kier molecular flexibility index (Phi) is 4.06. The first-order chi connectivity index (χ1) is 10.1. The number of aryl methyl sites for hydroxylation is 1. The van der Waals surface area contributed by atoms with Crippen LogP contribution in [-0.4, -0.2) is 12.1 Å². The van der Waals surface area contributed by atoms with E-state index in [-0.39, 0.29) is 12.0 Å². The molecule has 0 radical (unpaired) electrons. The van der Waals surface area contributed by atoms with E-state index in [4.69, 9.17) is 10.00 Å². The van der Waals surface area contributed by atoms with Crippen LogP contribution in [0.2, 0.25) is 0 Å². The van der Waals surface area contributed by atoms with Crippen LogP contribution in [-0.2, 0) is 6.42 Å². The van der Waals surface area contributed by atoms with Gasteiger partial charge in [0, 0.05) is 16.8 Å². The summed E-state index contributed by atoms with van der Waals surface area (Å²) in [6, 6.07) is 11.0. The van der Waals surface area contributed by atoms with Crippen LogP contribution in [0.5, 0.6) is 5.75 Å². The lowest BCUT2D eigenvalue weighted by Crippen LogP contribution is -2.12. The van der Waals surface area contributed by atoms with Gasteiger partial charge in [0.1, 0.15) is 17.4 Å². The average molecular weight is 279 g/mol. The minimum atomic E-state index is -0.412. The maximum Gasteiger partial charge on any atom is 0.266 e. The smallest absolute Gasteiger partial charge is 0.266 e. The van der Waals surface area contributed by atoms with Crippen LogP contribution in [0, 0.1) is 29.6 Å². The van der Waals surface area contributed by atoms with Gasteiger partial charge in [0.25, 0.3) is 5.56 Å². The van der Waals surface area contributed by atoms with Crippen molar-refractivity contribution in [2.24, 2.45) is 0 Å². The van der Waals surface area contributed by atoms with Crippen molar-refractivity contribution in [1.29, 1.82) is 10.5 Å². The van der Waals surface area contributed by atoms with Gasteiger partial charge in [-0.1, -0.05) is 6.07 Å². The van der Waals surface area contributed by atoms with Crippen LogP contribution in [0.15, 0.2) is 29.1 Å². The molecule has 0 bridgehead atoms. The molecule has 5 nitrogen and oxygen atoms in total. The highest BCUT2D eigenvalue weighted by atomic mass is 16.5. The zero-order valence-corrected chi connectivity index (χ0v) is 11.7. The highest BCUT2D eigenvalue weighted by Gasteiger charge is 2.12. The molecule has 0 aliphatic heterocycles. The number of hydrogen-bond donors (Lipinski definition) is 1. The summed E-state index contributed by atoms with van der Waals surface area (Å²) in [5.74, 6) is 0.611. The fourth-order valence-electron chi connectivity index (χ4n) is 2.20. The number of hydrogen-bond acceptors (Lipinski definition) is 4. The fraction of sp³-hybridized carbons (Fsp3) is 0.188. The van der Waals surface area contributed by atoms with E-state index in [0.29, 0.717) is 22.6 Å². The zero-order chi connectivity index (χ0) is 15.4. The summed E-state index contributed by atoms with van der Waals surface area (Å²) in [6.45, 7) is 1.76. The molecular weight excluding hydrogens is 266 g/mol. The van der Waals surface area contributed by atoms with Gasteiger partial charge in [0.05, 0.1) is 19.6 Å². The Morgan fingerprint density at radius 1 is 1.29 bits per heavy atom. The molecule has 0 aliphatic rings. The van der Waals surface area contributed by atoms with Crippen LogP contribution in [0.25, 0.3) is 11.1 Å². The summed E-state index contributed by atoms with van der Waals surface area (Å²) >= 11 is 0. The van der Waals surface area contributed by atoms with E-state index in [9.17, 15) is 10.1 Å². The number of nitriles is 2. The third-order valence-corrected chi connectivity index (χ3v) is 3.14. The topological polar surface area (TPSA) is 89.7 Å². The van der Waals surface area contributed by atoms with Crippen LogP contribution in [0.4, 0.5) is 0 Å². The number of pyridine rings is 1. The highest BCUT2D eigenvalue weighted by Crippen LogP contribution is 2.28. The van der Waals surface area contributed by atoms with E-state index in [2.05, 4.69) is 11.1 Å².